The van der Waals surface area contributed by atoms with Crippen LogP contribution < -0.4 is 14.4 Å². The van der Waals surface area contributed by atoms with Crippen LogP contribution in [0.5, 0.6) is 11.6 Å². The number of benzene rings is 1. The number of anilines is 1. The van der Waals surface area contributed by atoms with Gasteiger partial charge >= 0.3 is 0 Å². The molecule has 0 amide bonds. The topological polar surface area (TPSA) is 77.7 Å². The van der Waals surface area contributed by atoms with Gasteiger partial charge in [0.05, 0.1) is 19.3 Å². The summed E-state index contributed by atoms with van der Waals surface area (Å²) in [5.41, 5.74) is 2.22. The van der Waals surface area contributed by atoms with Gasteiger partial charge in [-0.25, -0.2) is 4.98 Å². The normalized spacial score (nSPS) is 18.8. The summed E-state index contributed by atoms with van der Waals surface area (Å²) in [4.78, 5) is 18.9. The molecular formula is C26H29N3O4. The van der Waals surface area contributed by atoms with E-state index >= 15 is 0 Å². The van der Waals surface area contributed by atoms with Crippen molar-refractivity contribution in [2.24, 2.45) is 5.92 Å². The van der Waals surface area contributed by atoms with Crippen molar-refractivity contribution >= 4 is 11.5 Å². The summed E-state index contributed by atoms with van der Waals surface area (Å²) in [7, 11) is 0. The Kier molecular flexibility index (Phi) is 6.28. The number of carbonyl (C=O) groups is 1. The number of rotatable bonds is 10. The van der Waals surface area contributed by atoms with Gasteiger partial charge in [-0.15, -0.1) is 0 Å². The Labute approximate surface area is 193 Å². The van der Waals surface area contributed by atoms with E-state index < -0.39 is 0 Å². The second kappa shape index (κ2) is 9.65. The van der Waals surface area contributed by atoms with Gasteiger partial charge in [-0.3, -0.25) is 4.79 Å². The molecular weight excluding hydrogens is 418 g/mol. The summed E-state index contributed by atoms with van der Waals surface area (Å²) in [5.74, 6) is 2.62. The molecule has 3 aromatic rings. The van der Waals surface area contributed by atoms with Crippen LogP contribution in [0.2, 0.25) is 0 Å². The molecule has 7 heteroatoms. The van der Waals surface area contributed by atoms with Crippen molar-refractivity contribution < 1.29 is 18.8 Å². The molecule has 172 valence electrons. The van der Waals surface area contributed by atoms with Crippen LogP contribution in [-0.2, 0) is 0 Å². The number of pyridine rings is 1. The van der Waals surface area contributed by atoms with Gasteiger partial charge in [-0.05, 0) is 48.4 Å². The Hall–Kier alpha value is -3.35. The minimum atomic E-state index is -0.0383. The van der Waals surface area contributed by atoms with Gasteiger partial charge in [0, 0.05) is 43.4 Å². The van der Waals surface area contributed by atoms with E-state index in [9.17, 15) is 4.79 Å². The van der Waals surface area contributed by atoms with Crippen LogP contribution >= 0.6 is 0 Å². The fourth-order valence-corrected chi connectivity index (χ4v) is 4.14. The highest BCUT2D eigenvalue weighted by Gasteiger charge is 2.26. The van der Waals surface area contributed by atoms with Crippen molar-refractivity contribution in [2.45, 2.75) is 44.6 Å². The first-order valence-electron chi connectivity index (χ1n) is 11.7. The highest BCUT2D eigenvalue weighted by molar-refractivity contribution is 5.93. The Morgan fingerprint density at radius 3 is 2.76 bits per heavy atom. The maximum Gasteiger partial charge on any atom is 0.215 e. The van der Waals surface area contributed by atoms with Crippen molar-refractivity contribution in [1.82, 2.24) is 10.1 Å². The molecule has 7 nitrogen and oxygen atoms in total. The zero-order chi connectivity index (χ0) is 22.6. The highest BCUT2D eigenvalue weighted by atomic mass is 16.5. The SMILES string of the molecule is C[C@H](CC(=O)c1ccno1)c1ccc(OC2CCN(c3ccnc(OCC4CC4)c3)C2)cc1. The summed E-state index contributed by atoms with van der Waals surface area (Å²) >= 11 is 0. The average Bonchev–Trinajstić information content (AvgIpc) is 3.29. The fourth-order valence-electron chi connectivity index (χ4n) is 4.14. The standard InChI is InChI=1S/C26H29N3O4/c1-18(14-24(30)25-9-12-28-33-25)20-4-6-22(7-5-20)32-23-10-13-29(16-23)21-8-11-27-26(15-21)31-17-19-2-3-19/h4-9,11-12,15,18-19,23H,2-3,10,13-14,16-17H2,1H3/t18-,23?/m1/s1. The fraction of sp³-hybridized carbons (Fsp3) is 0.423. The number of hydrogen-bond acceptors (Lipinski definition) is 7. The Balaban J connectivity index is 1.13. The van der Waals surface area contributed by atoms with E-state index in [1.807, 2.05) is 49.5 Å². The minimum Gasteiger partial charge on any atom is -0.489 e. The number of ether oxygens (including phenoxy) is 2. The van der Waals surface area contributed by atoms with Crippen LogP contribution in [0.1, 0.15) is 54.6 Å². The van der Waals surface area contributed by atoms with E-state index in [1.54, 1.807) is 6.07 Å². The van der Waals surface area contributed by atoms with E-state index in [0.29, 0.717) is 24.0 Å². The highest BCUT2D eigenvalue weighted by Crippen LogP contribution is 2.31. The second-order valence-corrected chi connectivity index (χ2v) is 9.06. The van der Waals surface area contributed by atoms with Gasteiger partial charge in [0.1, 0.15) is 11.9 Å². The molecule has 2 aliphatic rings. The van der Waals surface area contributed by atoms with Crippen molar-refractivity contribution in [3.63, 3.8) is 0 Å². The molecule has 3 heterocycles. The summed E-state index contributed by atoms with van der Waals surface area (Å²) in [6.45, 7) is 4.58. The number of carbonyl (C=O) groups excluding carboxylic acids is 1. The predicted molar refractivity (Wildman–Crippen MR) is 124 cm³/mol. The lowest BCUT2D eigenvalue weighted by atomic mass is 9.95. The maximum absolute atomic E-state index is 12.2. The number of hydrogen-bond donors (Lipinski definition) is 0. The average molecular weight is 448 g/mol. The third-order valence-electron chi connectivity index (χ3n) is 6.35. The van der Waals surface area contributed by atoms with Gasteiger partial charge in [-0.1, -0.05) is 24.2 Å². The van der Waals surface area contributed by atoms with Crippen molar-refractivity contribution in [3.8, 4) is 11.6 Å². The quantitative estimate of drug-likeness (QED) is 0.409. The molecule has 1 saturated heterocycles. The molecule has 1 aliphatic heterocycles. The lowest BCUT2D eigenvalue weighted by Crippen LogP contribution is -2.24. The van der Waals surface area contributed by atoms with Crippen molar-refractivity contribution in [1.29, 1.82) is 0 Å². The minimum absolute atomic E-state index is 0.0383. The monoisotopic (exact) mass is 447 g/mol. The van der Waals surface area contributed by atoms with E-state index in [2.05, 4.69) is 15.0 Å². The van der Waals surface area contributed by atoms with Crippen LogP contribution in [0.15, 0.2) is 59.4 Å². The largest absolute Gasteiger partial charge is 0.489 e. The Morgan fingerprint density at radius 2 is 2.00 bits per heavy atom. The molecule has 0 spiro atoms. The molecule has 2 atom stereocenters. The molecule has 5 rings (SSSR count). The molecule has 33 heavy (non-hydrogen) atoms. The summed E-state index contributed by atoms with van der Waals surface area (Å²) in [6, 6.07) is 13.7. The second-order valence-electron chi connectivity index (χ2n) is 9.06. The van der Waals surface area contributed by atoms with Gasteiger partial charge in [0.2, 0.25) is 17.4 Å². The summed E-state index contributed by atoms with van der Waals surface area (Å²) in [6.07, 6.45) is 7.32. The van der Waals surface area contributed by atoms with Crippen LogP contribution in [0.25, 0.3) is 0 Å². The zero-order valence-corrected chi connectivity index (χ0v) is 18.9. The summed E-state index contributed by atoms with van der Waals surface area (Å²) in [5, 5.41) is 3.60. The van der Waals surface area contributed by atoms with Gasteiger partial charge < -0.3 is 18.9 Å². The molecule has 1 unspecified atom stereocenters. The first-order valence-corrected chi connectivity index (χ1v) is 11.7. The van der Waals surface area contributed by atoms with E-state index in [0.717, 1.165) is 43.1 Å². The lowest BCUT2D eigenvalue weighted by Gasteiger charge is -2.20. The van der Waals surface area contributed by atoms with Gasteiger partial charge in [0.25, 0.3) is 0 Å². The Bertz CT molecular complexity index is 1060. The van der Waals surface area contributed by atoms with E-state index in [-0.39, 0.29) is 17.8 Å². The molecule has 2 fully saturated rings. The van der Waals surface area contributed by atoms with Crippen LogP contribution in [0.4, 0.5) is 5.69 Å². The maximum atomic E-state index is 12.2. The molecule has 0 radical (unpaired) electrons. The number of Topliss-reactive ketones (excluding diaryl/α,β-unsaturated/α-hetero) is 1. The van der Waals surface area contributed by atoms with Crippen LogP contribution in [-0.4, -0.2) is 41.7 Å². The third-order valence-corrected chi connectivity index (χ3v) is 6.35. The number of aromatic nitrogens is 2. The first-order chi connectivity index (χ1) is 16.1. The first kappa shape index (κ1) is 21.5. The molecule has 1 saturated carbocycles. The molecule has 2 aromatic heterocycles. The van der Waals surface area contributed by atoms with Crippen molar-refractivity contribution in [2.75, 3.05) is 24.6 Å². The van der Waals surface area contributed by atoms with Crippen molar-refractivity contribution in [3.05, 3.63) is 66.2 Å². The van der Waals surface area contributed by atoms with Gasteiger partial charge in [0.15, 0.2) is 0 Å². The van der Waals surface area contributed by atoms with E-state index in [4.69, 9.17) is 14.0 Å². The predicted octanol–water partition coefficient (Wildman–Crippen LogP) is 4.89. The third kappa shape index (κ3) is 5.53. The molecule has 0 N–H and O–H groups in total. The smallest absolute Gasteiger partial charge is 0.215 e. The number of ketones is 1. The number of nitrogens with zero attached hydrogens (tertiary/aromatic N) is 3. The molecule has 1 aromatic carbocycles. The van der Waals surface area contributed by atoms with E-state index in [1.165, 1.54) is 19.0 Å². The van der Waals surface area contributed by atoms with Crippen LogP contribution in [0.3, 0.4) is 0 Å². The Morgan fingerprint density at radius 1 is 1.15 bits per heavy atom. The molecule has 1 aliphatic carbocycles. The lowest BCUT2D eigenvalue weighted by molar-refractivity contribution is 0.0939. The molecule has 0 bridgehead atoms. The van der Waals surface area contributed by atoms with Gasteiger partial charge in [-0.2, -0.15) is 0 Å². The zero-order valence-electron chi connectivity index (χ0n) is 18.9. The van der Waals surface area contributed by atoms with Crippen LogP contribution in [0, 0.1) is 5.92 Å². The summed E-state index contributed by atoms with van der Waals surface area (Å²) < 4.78 is 17.0.